The summed E-state index contributed by atoms with van der Waals surface area (Å²) < 4.78 is 11.3. The molecule has 0 aromatic heterocycles. The second kappa shape index (κ2) is 10.3. The number of carbonyl (C=O) groups excluding carboxylic acids is 1. The van der Waals surface area contributed by atoms with E-state index in [4.69, 9.17) is 9.47 Å². The van der Waals surface area contributed by atoms with Crippen LogP contribution in [0.25, 0.3) is 0 Å². The van der Waals surface area contributed by atoms with E-state index in [0.717, 1.165) is 29.2 Å². The van der Waals surface area contributed by atoms with E-state index in [1.165, 1.54) is 25.9 Å². The van der Waals surface area contributed by atoms with Crippen molar-refractivity contribution in [1.82, 2.24) is 4.90 Å². The first-order valence-electron chi connectivity index (χ1n) is 10.9. The van der Waals surface area contributed by atoms with Gasteiger partial charge in [-0.25, -0.2) is 0 Å². The summed E-state index contributed by atoms with van der Waals surface area (Å²) in [7, 11) is 1.64. The number of nitrogens with zero attached hydrogens (tertiary/aromatic N) is 1. The van der Waals surface area contributed by atoms with E-state index in [9.17, 15) is 4.79 Å². The van der Waals surface area contributed by atoms with Crippen molar-refractivity contribution in [2.24, 2.45) is 0 Å². The highest BCUT2D eigenvalue weighted by Gasteiger charge is 2.24. The lowest BCUT2D eigenvalue weighted by Gasteiger charge is -2.18. The summed E-state index contributed by atoms with van der Waals surface area (Å²) in [6.45, 7) is 3.96. The first kappa shape index (κ1) is 21.1. The van der Waals surface area contributed by atoms with Crippen molar-refractivity contribution in [3.63, 3.8) is 0 Å². The lowest BCUT2D eigenvalue weighted by Crippen LogP contribution is -2.25. The molecule has 160 valence electrons. The normalized spacial score (nSPS) is 14.9. The average molecular weight is 416 g/mol. The zero-order chi connectivity index (χ0) is 21.5. The molecule has 0 bridgehead atoms. The van der Waals surface area contributed by atoms with Crippen LogP contribution in [0.2, 0.25) is 0 Å². The molecule has 1 heterocycles. The summed E-state index contributed by atoms with van der Waals surface area (Å²) in [6.07, 6.45) is 2.57. The number of carbonyl (C=O) groups is 1. The molecule has 0 radical (unpaired) electrons. The van der Waals surface area contributed by atoms with Gasteiger partial charge >= 0.3 is 0 Å². The molecule has 4 rings (SSSR count). The van der Waals surface area contributed by atoms with Gasteiger partial charge in [0.2, 0.25) is 0 Å². The molecular formula is C27H29NO3. The zero-order valence-corrected chi connectivity index (χ0v) is 18.0. The van der Waals surface area contributed by atoms with E-state index in [-0.39, 0.29) is 5.78 Å². The third kappa shape index (κ3) is 5.33. The zero-order valence-electron chi connectivity index (χ0n) is 18.0. The van der Waals surface area contributed by atoms with Gasteiger partial charge in [0, 0.05) is 12.1 Å². The van der Waals surface area contributed by atoms with E-state index in [0.29, 0.717) is 12.2 Å². The molecule has 1 saturated heterocycles. The Hall–Kier alpha value is -3.11. The van der Waals surface area contributed by atoms with Crippen molar-refractivity contribution in [2.45, 2.75) is 18.8 Å². The van der Waals surface area contributed by atoms with Crippen molar-refractivity contribution >= 4 is 5.78 Å². The summed E-state index contributed by atoms with van der Waals surface area (Å²) >= 11 is 0. The van der Waals surface area contributed by atoms with E-state index in [1.54, 1.807) is 7.11 Å². The third-order valence-corrected chi connectivity index (χ3v) is 5.84. The van der Waals surface area contributed by atoms with Gasteiger partial charge in [0.25, 0.3) is 0 Å². The van der Waals surface area contributed by atoms with Crippen LogP contribution in [0.3, 0.4) is 0 Å². The molecule has 0 spiro atoms. The molecule has 0 saturated carbocycles. The van der Waals surface area contributed by atoms with E-state index in [2.05, 4.69) is 4.90 Å². The molecule has 1 fully saturated rings. The second-order valence-electron chi connectivity index (χ2n) is 7.91. The van der Waals surface area contributed by atoms with Gasteiger partial charge in [-0.3, -0.25) is 9.69 Å². The largest absolute Gasteiger partial charge is 0.497 e. The molecule has 3 aromatic rings. The summed E-state index contributed by atoms with van der Waals surface area (Å²) in [4.78, 5) is 16.0. The fourth-order valence-electron chi connectivity index (χ4n) is 4.14. The minimum atomic E-state index is -0.391. The standard InChI is InChI=1S/C27H29NO3/c1-30-25-11-7-10-23(20-25)26(21-8-3-2-4-9-21)27(29)22-12-14-24(15-13-22)31-19-18-28-16-5-6-17-28/h2-4,7-15,20,26H,5-6,16-19H2,1H3. The summed E-state index contributed by atoms with van der Waals surface area (Å²) in [6, 6.07) is 25.1. The van der Waals surface area contributed by atoms with Crippen LogP contribution in [-0.4, -0.2) is 44.0 Å². The number of benzene rings is 3. The number of hydrogen-bond acceptors (Lipinski definition) is 4. The van der Waals surface area contributed by atoms with Crippen LogP contribution in [-0.2, 0) is 0 Å². The van der Waals surface area contributed by atoms with Gasteiger partial charge in [0.05, 0.1) is 13.0 Å². The molecule has 1 aliphatic rings. The van der Waals surface area contributed by atoms with Crippen LogP contribution in [0.5, 0.6) is 11.5 Å². The number of ketones is 1. The summed E-state index contributed by atoms with van der Waals surface area (Å²) in [5.74, 6) is 1.21. The maximum atomic E-state index is 13.6. The molecule has 3 aromatic carbocycles. The fraction of sp³-hybridized carbons (Fsp3) is 0.296. The molecule has 0 aliphatic carbocycles. The van der Waals surface area contributed by atoms with Gasteiger partial charge < -0.3 is 9.47 Å². The molecule has 1 aliphatic heterocycles. The van der Waals surface area contributed by atoms with Crippen molar-refractivity contribution in [1.29, 1.82) is 0 Å². The molecule has 4 nitrogen and oxygen atoms in total. The minimum absolute atomic E-state index is 0.0584. The SMILES string of the molecule is COc1cccc(C(C(=O)c2ccc(OCCN3CCCC3)cc2)c2ccccc2)c1. The van der Waals surface area contributed by atoms with E-state index >= 15 is 0 Å². The Balaban J connectivity index is 1.51. The Kier molecular flexibility index (Phi) is 7.00. The number of methoxy groups -OCH3 is 1. The van der Waals surface area contributed by atoms with Gasteiger partial charge in [0.15, 0.2) is 5.78 Å². The lowest BCUT2D eigenvalue weighted by molar-refractivity contribution is 0.0974. The van der Waals surface area contributed by atoms with Crippen molar-refractivity contribution in [2.75, 3.05) is 33.4 Å². The van der Waals surface area contributed by atoms with Gasteiger partial charge in [-0.1, -0.05) is 42.5 Å². The van der Waals surface area contributed by atoms with E-state index < -0.39 is 5.92 Å². The smallest absolute Gasteiger partial charge is 0.174 e. The predicted octanol–water partition coefficient (Wildman–Crippen LogP) is 5.18. The maximum absolute atomic E-state index is 13.6. The molecule has 1 atom stereocenters. The Bertz CT molecular complexity index is 979. The Labute approximate surface area is 184 Å². The predicted molar refractivity (Wildman–Crippen MR) is 123 cm³/mol. The number of likely N-dealkylation sites (tertiary alicyclic amines) is 1. The van der Waals surface area contributed by atoms with Gasteiger partial charge in [-0.2, -0.15) is 0 Å². The van der Waals surface area contributed by atoms with Crippen LogP contribution in [0, 0.1) is 0 Å². The van der Waals surface area contributed by atoms with Gasteiger partial charge in [0.1, 0.15) is 18.1 Å². The lowest BCUT2D eigenvalue weighted by atomic mass is 9.85. The van der Waals surface area contributed by atoms with Crippen molar-refractivity contribution in [3.8, 4) is 11.5 Å². The van der Waals surface area contributed by atoms with Crippen LogP contribution in [0.1, 0.15) is 40.2 Å². The van der Waals surface area contributed by atoms with E-state index in [1.807, 2.05) is 78.9 Å². The number of rotatable bonds is 9. The highest BCUT2D eigenvalue weighted by atomic mass is 16.5. The Morgan fingerprint density at radius 1 is 0.871 bits per heavy atom. The number of ether oxygens (including phenoxy) is 2. The third-order valence-electron chi connectivity index (χ3n) is 5.84. The molecule has 1 unspecified atom stereocenters. The topological polar surface area (TPSA) is 38.8 Å². The minimum Gasteiger partial charge on any atom is -0.497 e. The molecule has 31 heavy (non-hydrogen) atoms. The summed E-state index contributed by atoms with van der Waals surface area (Å²) in [5.41, 5.74) is 2.55. The monoisotopic (exact) mass is 415 g/mol. The highest BCUT2D eigenvalue weighted by Crippen LogP contribution is 2.31. The number of hydrogen-bond donors (Lipinski definition) is 0. The molecule has 4 heteroatoms. The maximum Gasteiger partial charge on any atom is 0.174 e. The Morgan fingerprint density at radius 3 is 2.29 bits per heavy atom. The fourth-order valence-corrected chi connectivity index (χ4v) is 4.14. The highest BCUT2D eigenvalue weighted by molar-refractivity contribution is 6.03. The first-order valence-corrected chi connectivity index (χ1v) is 10.9. The van der Waals surface area contributed by atoms with Crippen molar-refractivity contribution < 1.29 is 14.3 Å². The number of Topliss-reactive ketones (excluding diaryl/α,β-unsaturated/α-hetero) is 1. The van der Waals surface area contributed by atoms with Crippen molar-refractivity contribution in [3.05, 3.63) is 95.6 Å². The Morgan fingerprint density at radius 2 is 1.58 bits per heavy atom. The van der Waals surface area contributed by atoms with Crippen LogP contribution in [0.4, 0.5) is 0 Å². The molecule has 0 N–H and O–H groups in total. The first-order chi connectivity index (χ1) is 15.2. The average Bonchev–Trinajstić information content (AvgIpc) is 3.34. The van der Waals surface area contributed by atoms with Crippen LogP contribution >= 0.6 is 0 Å². The van der Waals surface area contributed by atoms with Crippen LogP contribution < -0.4 is 9.47 Å². The summed E-state index contributed by atoms with van der Waals surface area (Å²) in [5, 5.41) is 0. The van der Waals surface area contributed by atoms with Gasteiger partial charge in [-0.05, 0) is 73.5 Å². The van der Waals surface area contributed by atoms with Crippen LogP contribution in [0.15, 0.2) is 78.9 Å². The second-order valence-corrected chi connectivity index (χ2v) is 7.91. The van der Waals surface area contributed by atoms with Gasteiger partial charge in [-0.15, -0.1) is 0 Å². The molecular weight excluding hydrogens is 386 g/mol. The quantitative estimate of drug-likeness (QED) is 0.451. The molecule has 0 amide bonds.